The standard InChI is InChI=1S/C15H14N2O4S3/c1-17-13(19)11(24-15(17)23)6-8-2-4-9(5-3-8)12(18)16-10(7-22)14(20)21/h2-6,10,22H,7H2,1H3,(H,16,18)(H,20,21)/b11-6+/t10-/m0/s1. The summed E-state index contributed by atoms with van der Waals surface area (Å²) in [5.41, 5.74) is 1.06. The molecule has 1 heterocycles. The highest BCUT2D eigenvalue weighted by Gasteiger charge is 2.28. The van der Waals surface area contributed by atoms with Crippen LogP contribution in [0.5, 0.6) is 0 Å². The lowest BCUT2D eigenvalue weighted by molar-refractivity contribution is -0.138. The number of rotatable bonds is 5. The monoisotopic (exact) mass is 382 g/mol. The normalized spacial score (nSPS) is 17.2. The van der Waals surface area contributed by atoms with Crippen LogP contribution in [-0.2, 0) is 9.59 Å². The van der Waals surface area contributed by atoms with Crippen LogP contribution >= 0.6 is 36.6 Å². The lowest BCUT2D eigenvalue weighted by Gasteiger charge is -2.11. The second kappa shape index (κ2) is 7.82. The molecule has 24 heavy (non-hydrogen) atoms. The predicted molar refractivity (Wildman–Crippen MR) is 100 cm³/mol. The molecule has 1 aliphatic heterocycles. The SMILES string of the molecule is CN1C(=O)/C(=C\c2ccc(C(=O)N[C@@H](CS)C(=O)O)cc2)SC1=S. The summed E-state index contributed by atoms with van der Waals surface area (Å²) in [5.74, 6) is -1.80. The first kappa shape index (κ1) is 18.5. The number of nitrogens with one attached hydrogen (secondary N) is 1. The minimum absolute atomic E-state index is 0.00197. The zero-order chi connectivity index (χ0) is 17.9. The van der Waals surface area contributed by atoms with Gasteiger partial charge in [0.05, 0.1) is 4.91 Å². The Morgan fingerprint density at radius 1 is 1.42 bits per heavy atom. The number of amides is 2. The van der Waals surface area contributed by atoms with Gasteiger partial charge in [-0.1, -0.05) is 36.1 Å². The maximum atomic E-state index is 12.0. The molecule has 1 atom stereocenters. The molecule has 0 aromatic heterocycles. The first-order valence-electron chi connectivity index (χ1n) is 6.79. The summed E-state index contributed by atoms with van der Waals surface area (Å²) in [4.78, 5) is 36.8. The molecule has 1 aliphatic rings. The molecular weight excluding hydrogens is 368 g/mol. The molecule has 0 radical (unpaired) electrons. The summed E-state index contributed by atoms with van der Waals surface area (Å²) < 4.78 is 0.494. The van der Waals surface area contributed by atoms with Crippen molar-refractivity contribution in [2.45, 2.75) is 6.04 Å². The van der Waals surface area contributed by atoms with E-state index in [0.29, 0.717) is 14.8 Å². The molecular formula is C15H14N2O4S3. The van der Waals surface area contributed by atoms with Crippen LogP contribution in [0.3, 0.4) is 0 Å². The summed E-state index contributed by atoms with van der Waals surface area (Å²) in [7, 11) is 1.62. The van der Waals surface area contributed by atoms with Crippen molar-refractivity contribution in [2.24, 2.45) is 0 Å². The second-order valence-corrected chi connectivity index (χ2v) is 6.95. The fraction of sp³-hybridized carbons (Fsp3) is 0.200. The Hall–Kier alpha value is -1.84. The van der Waals surface area contributed by atoms with E-state index < -0.39 is 17.9 Å². The molecule has 1 saturated heterocycles. The third-order valence-corrected chi connectivity index (χ3v) is 5.09. The summed E-state index contributed by atoms with van der Waals surface area (Å²) in [6, 6.07) is 5.42. The van der Waals surface area contributed by atoms with Crippen LogP contribution in [0.2, 0.25) is 0 Å². The molecule has 6 nitrogen and oxygen atoms in total. The van der Waals surface area contributed by atoms with Gasteiger partial charge >= 0.3 is 5.97 Å². The highest BCUT2D eigenvalue weighted by atomic mass is 32.2. The number of carboxylic acid groups (broad SMARTS) is 1. The first-order valence-corrected chi connectivity index (χ1v) is 8.65. The number of aliphatic carboxylic acids is 1. The maximum Gasteiger partial charge on any atom is 0.327 e. The maximum absolute atomic E-state index is 12.0. The average Bonchev–Trinajstić information content (AvgIpc) is 2.79. The van der Waals surface area contributed by atoms with Crippen molar-refractivity contribution in [3.63, 3.8) is 0 Å². The quantitative estimate of drug-likeness (QED) is 0.408. The minimum Gasteiger partial charge on any atom is -0.480 e. The summed E-state index contributed by atoms with van der Waals surface area (Å²) in [6.07, 6.45) is 1.69. The molecule has 1 aromatic rings. The molecule has 126 valence electrons. The van der Waals surface area contributed by atoms with Crippen molar-refractivity contribution >= 4 is 64.8 Å². The number of thiol groups is 1. The summed E-state index contributed by atoms with van der Waals surface area (Å²) in [6.45, 7) is 0. The highest BCUT2D eigenvalue weighted by molar-refractivity contribution is 8.26. The fourth-order valence-corrected chi connectivity index (χ4v) is 3.28. The smallest absolute Gasteiger partial charge is 0.327 e. The van der Waals surface area contributed by atoms with Gasteiger partial charge in [-0.2, -0.15) is 12.6 Å². The zero-order valence-electron chi connectivity index (χ0n) is 12.6. The van der Waals surface area contributed by atoms with Gasteiger partial charge in [0.15, 0.2) is 0 Å². The lowest BCUT2D eigenvalue weighted by Crippen LogP contribution is -2.42. The molecule has 2 N–H and O–H groups in total. The van der Waals surface area contributed by atoms with Gasteiger partial charge in [-0.15, -0.1) is 0 Å². The van der Waals surface area contributed by atoms with Gasteiger partial charge in [-0.05, 0) is 23.8 Å². The number of hydrogen-bond donors (Lipinski definition) is 3. The summed E-state index contributed by atoms with van der Waals surface area (Å²) in [5, 5.41) is 11.3. The Bertz CT molecular complexity index is 731. The molecule has 0 aliphatic carbocycles. The molecule has 0 spiro atoms. The van der Waals surface area contributed by atoms with Gasteiger partial charge in [0, 0.05) is 18.4 Å². The summed E-state index contributed by atoms with van der Waals surface area (Å²) >= 11 is 10.2. The van der Waals surface area contributed by atoms with E-state index in [4.69, 9.17) is 17.3 Å². The van der Waals surface area contributed by atoms with E-state index in [1.54, 1.807) is 37.4 Å². The zero-order valence-corrected chi connectivity index (χ0v) is 15.1. The van der Waals surface area contributed by atoms with E-state index in [1.807, 2.05) is 0 Å². The van der Waals surface area contributed by atoms with E-state index in [1.165, 1.54) is 16.7 Å². The molecule has 1 aromatic carbocycles. The van der Waals surface area contributed by atoms with Crippen molar-refractivity contribution in [3.05, 3.63) is 40.3 Å². The van der Waals surface area contributed by atoms with Crippen LogP contribution in [0, 0.1) is 0 Å². The molecule has 0 saturated carbocycles. The van der Waals surface area contributed by atoms with Crippen molar-refractivity contribution in [3.8, 4) is 0 Å². The van der Waals surface area contributed by atoms with E-state index in [9.17, 15) is 14.4 Å². The highest BCUT2D eigenvalue weighted by Crippen LogP contribution is 2.31. The lowest BCUT2D eigenvalue weighted by atomic mass is 10.1. The number of carbonyl (C=O) groups excluding carboxylic acids is 2. The number of thioether (sulfide) groups is 1. The molecule has 0 unspecified atom stereocenters. The van der Waals surface area contributed by atoms with Gasteiger partial charge < -0.3 is 10.4 Å². The predicted octanol–water partition coefficient (Wildman–Crippen LogP) is 1.63. The van der Waals surface area contributed by atoms with Crippen LogP contribution in [0.15, 0.2) is 29.2 Å². The van der Waals surface area contributed by atoms with Crippen molar-refractivity contribution < 1.29 is 19.5 Å². The first-order chi connectivity index (χ1) is 11.3. The molecule has 0 bridgehead atoms. The molecule has 2 rings (SSSR count). The Morgan fingerprint density at radius 2 is 2.04 bits per heavy atom. The van der Waals surface area contributed by atoms with E-state index in [2.05, 4.69) is 17.9 Å². The number of nitrogens with zero attached hydrogens (tertiary/aromatic N) is 1. The van der Waals surface area contributed by atoms with Gasteiger partial charge in [0.1, 0.15) is 10.4 Å². The van der Waals surface area contributed by atoms with E-state index in [0.717, 1.165) is 5.56 Å². The van der Waals surface area contributed by atoms with Crippen molar-refractivity contribution in [2.75, 3.05) is 12.8 Å². The van der Waals surface area contributed by atoms with Gasteiger partial charge in [0.2, 0.25) is 0 Å². The third-order valence-electron chi connectivity index (χ3n) is 3.24. The number of thiocarbonyl (C=S) groups is 1. The number of hydrogen-bond acceptors (Lipinski definition) is 6. The van der Waals surface area contributed by atoms with Crippen molar-refractivity contribution in [1.29, 1.82) is 0 Å². The Morgan fingerprint density at radius 3 is 2.50 bits per heavy atom. The number of benzene rings is 1. The van der Waals surface area contributed by atoms with Crippen LogP contribution in [0.1, 0.15) is 15.9 Å². The van der Waals surface area contributed by atoms with Gasteiger partial charge in [-0.25, -0.2) is 4.79 Å². The van der Waals surface area contributed by atoms with Crippen LogP contribution in [-0.4, -0.2) is 51.0 Å². The van der Waals surface area contributed by atoms with E-state index in [-0.39, 0.29) is 11.7 Å². The third kappa shape index (κ3) is 4.16. The Balaban J connectivity index is 2.11. The van der Waals surface area contributed by atoms with Crippen LogP contribution < -0.4 is 5.32 Å². The van der Waals surface area contributed by atoms with Gasteiger partial charge in [0.25, 0.3) is 11.8 Å². The van der Waals surface area contributed by atoms with E-state index >= 15 is 0 Å². The molecule has 9 heteroatoms. The molecule has 2 amide bonds. The van der Waals surface area contributed by atoms with Crippen LogP contribution in [0.25, 0.3) is 6.08 Å². The van der Waals surface area contributed by atoms with Crippen LogP contribution in [0.4, 0.5) is 0 Å². The average molecular weight is 382 g/mol. The van der Waals surface area contributed by atoms with Gasteiger partial charge in [-0.3, -0.25) is 14.5 Å². The largest absolute Gasteiger partial charge is 0.480 e. The fourth-order valence-electron chi connectivity index (χ4n) is 1.85. The number of likely N-dealkylation sites (N-methyl/N-ethyl adjacent to an activating group) is 1. The molecule has 1 fully saturated rings. The minimum atomic E-state index is -1.14. The van der Waals surface area contributed by atoms with Crippen molar-refractivity contribution in [1.82, 2.24) is 10.2 Å². The number of carbonyl (C=O) groups is 3. The number of carboxylic acids is 1. The Labute approximate surface area is 153 Å². The topological polar surface area (TPSA) is 86.7 Å². The second-order valence-electron chi connectivity index (χ2n) is 4.91. The Kier molecular flexibility index (Phi) is 6.03.